The number of hydrogen-bond acceptors (Lipinski definition) is 7. The molecule has 0 saturated heterocycles. The third kappa shape index (κ3) is 6.04. The minimum Gasteiger partial charge on any atom is -0.463 e. The second kappa shape index (κ2) is 9.04. The molecule has 23 heavy (non-hydrogen) atoms. The summed E-state index contributed by atoms with van der Waals surface area (Å²) in [6.45, 7) is 7.21. The van der Waals surface area contributed by atoms with E-state index in [0.717, 1.165) is 0 Å². The van der Waals surface area contributed by atoms with Gasteiger partial charge in [-0.25, -0.2) is 14.4 Å². The second-order valence-electron chi connectivity index (χ2n) is 4.13. The van der Waals surface area contributed by atoms with Crippen molar-refractivity contribution in [3.05, 3.63) is 60.5 Å². The molecule has 2 aromatic rings. The van der Waals surface area contributed by atoms with Gasteiger partial charge in [-0.05, 0) is 38.1 Å². The zero-order valence-corrected chi connectivity index (χ0v) is 12.7. The average Bonchev–Trinajstić information content (AvgIpc) is 3.21. The maximum atomic E-state index is 11.2. The molecular formula is C16H16O7. The Labute approximate surface area is 132 Å². The monoisotopic (exact) mass is 320 g/mol. The number of carbonyl (C=O) groups is 3. The Balaban J connectivity index is 0.000000284. The molecule has 0 aliphatic carbocycles. The van der Waals surface area contributed by atoms with Crippen LogP contribution >= 0.6 is 0 Å². The Morgan fingerprint density at radius 2 is 1.52 bits per heavy atom. The van der Waals surface area contributed by atoms with Gasteiger partial charge in [0.1, 0.15) is 0 Å². The molecule has 7 heteroatoms. The fourth-order valence-corrected chi connectivity index (χ4v) is 1.23. The molecular weight excluding hydrogens is 304 g/mol. The van der Waals surface area contributed by atoms with Gasteiger partial charge in [-0.2, -0.15) is 0 Å². The van der Waals surface area contributed by atoms with E-state index in [1.807, 2.05) is 0 Å². The van der Waals surface area contributed by atoms with Crippen LogP contribution in [-0.2, 0) is 14.3 Å². The van der Waals surface area contributed by atoms with Crippen molar-refractivity contribution in [2.24, 2.45) is 0 Å². The quantitative estimate of drug-likeness (QED) is 0.485. The van der Waals surface area contributed by atoms with Crippen LogP contribution in [-0.4, -0.2) is 24.5 Å². The highest BCUT2D eigenvalue weighted by atomic mass is 16.6. The highest BCUT2D eigenvalue weighted by molar-refractivity contribution is 6.00. The van der Waals surface area contributed by atoms with Gasteiger partial charge in [-0.15, -0.1) is 0 Å². The van der Waals surface area contributed by atoms with E-state index in [-0.39, 0.29) is 17.5 Å². The number of esters is 3. The molecule has 0 aliphatic heterocycles. The van der Waals surface area contributed by atoms with E-state index >= 15 is 0 Å². The maximum Gasteiger partial charge on any atom is 0.382 e. The zero-order chi connectivity index (χ0) is 17.2. The van der Waals surface area contributed by atoms with Crippen molar-refractivity contribution in [2.75, 3.05) is 6.61 Å². The predicted molar refractivity (Wildman–Crippen MR) is 78.6 cm³/mol. The van der Waals surface area contributed by atoms with Gasteiger partial charge in [0.2, 0.25) is 11.5 Å². The fraction of sp³-hybridized carbons (Fsp3) is 0.188. The summed E-state index contributed by atoms with van der Waals surface area (Å²) in [6.07, 6.45) is 2.63. The van der Waals surface area contributed by atoms with Crippen LogP contribution in [0.25, 0.3) is 0 Å². The first kappa shape index (κ1) is 18.0. The fourth-order valence-electron chi connectivity index (χ4n) is 1.23. The highest BCUT2D eigenvalue weighted by Gasteiger charge is 2.18. The molecule has 0 amide bonds. The van der Waals surface area contributed by atoms with Crippen LogP contribution in [0.15, 0.2) is 57.8 Å². The van der Waals surface area contributed by atoms with Gasteiger partial charge in [0.15, 0.2) is 0 Å². The Morgan fingerprint density at radius 3 is 1.78 bits per heavy atom. The van der Waals surface area contributed by atoms with Crippen LogP contribution in [0.5, 0.6) is 0 Å². The minimum absolute atomic E-state index is 0.0325. The van der Waals surface area contributed by atoms with Gasteiger partial charge in [0, 0.05) is 5.57 Å². The molecule has 0 fully saturated rings. The standard InChI is InChI=1S/C10H6O5.C6H10O2/c11-9(7-3-1-5-13-7)15-10(12)8-4-2-6-14-8;1-4-8-6(7)5(2)3/h1-6H;2,4H2,1,3H3. The van der Waals surface area contributed by atoms with E-state index in [1.165, 1.54) is 36.8 Å². The molecule has 122 valence electrons. The smallest absolute Gasteiger partial charge is 0.382 e. The van der Waals surface area contributed by atoms with Crippen molar-refractivity contribution < 1.29 is 32.7 Å². The van der Waals surface area contributed by atoms with Gasteiger partial charge in [0.25, 0.3) is 0 Å². The first-order chi connectivity index (χ1) is 11.0. The number of ether oxygens (including phenoxy) is 2. The lowest BCUT2D eigenvalue weighted by molar-refractivity contribution is -0.138. The lowest BCUT2D eigenvalue weighted by Gasteiger charge is -1.96. The van der Waals surface area contributed by atoms with Crippen LogP contribution in [0.2, 0.25) is 0 Å². The van der Waals surface area contributed by atoms with E-state index in [4.69, 9.17) is 8.83 Å². The summed E-state index contributed by atoms with van der Waals surface area (Å²) in [5, 5.41) is 0. The highest BCUT2D eigenvalue weighted by Crippen LogP contribution is 2.07. The van der Waals surface area contributed by atoms with E-state index in [0.29, 0.717) is 12.2 Å². The minimum atomic E-state index is -0.846. The summed E-state index contributed by atoms with van der Waals surface area (Å²) in [4.78, 5) is 32.9. The van der Waals surface area contributed by atoms with E-state index in [9.17, 15) is 14.4 Å². The third-order valence-corrected chi connectivity index (χ3v) is 2.25. The molecule has 7 nitrogen and oxygen atoms in total. The molecule has 0 aromatic carbocycles. The Kier molecular flexibility index (Phi) is 7.06. The largest absolute Gasteiger partial charge is 0.463 e. The molecule has 0 aliphatic rings. The zero-order valence-electron chi connectivity index (χ0n) is 12.7. The lowest BCUT2D eigenvalue weighted by atomic mass is 10.4. The number of hydrogen-bond donors (Lipinski definition) is 0. The Morgan fingerprint density at radius 1 is 1.04 bits per heavy atom. The first-order valence-electron chi connectivity index (χ1n) is 6.61. The number of rotatable bonds is 4. The van der Waals surface area contributed by atoms with Gasteiger partial charge in [0.05, 0.1) is 19.1 Å². The summed E-state index contributed by atoms with van der Waals surface area (Å²) in [5.74, 6) is -2.07. The van der Waals surface area contributed by atoms with Crippen molar-refractivity contribution in [1.82, 2.24) is 0 Å². The molecule has 2 rings (SSSR count). The van der Waals surface area contributed by atoms with Gasteiger partial charge >= 0.3 is 17.9 Å². The van der Waals surface area contributed by atoms with Crippen molar-refractivity contribution in [1.29, 1.82) is 0 Å². The van der Waals surface area contributed by atoms with Crippen molar-refractivity contribution in [3.63, 3.8) is 0 Å². The molecule has 0 radical (unpaired) electrons. The molecule has 0 unspecified atom stereocenters. The summed E-state index contributed by atoms with van der Waals surface area (Å²) >= 11 is 0. The third-order valence-electron chi connectivity index (χ3n) is 2.25. The predicted octanol–water partition coefficient (Wildman–Crippen LogP) is 3.00. The van der Waals surface area contributed by atoms with Gasteiger partial charge < -0.3 is 18.3 Å². The summed E-state index contributed by atoms with van der Waals surface area (Å²) in [6, 6.07) is 5.84. The second-order valence-corrected chi connectivity index (χ2v) is 4.13. The van der Waals surface area contributed by atoms with Crippen molar-refractivity contribution in [2.45, 2.75) is 13.8 Å². The normalized spacial score (nSPS) is 9.30. The van der Waals surface area contributed by atoms with Gasteiger partial charge in [-0.3, -0.25) is 0 Å². The molecule has 2 heterocycles. The van der Waals surface area contributed by atoms with E-state index in [2.05, 4.69) is 16.1 Å². The molecule has 2 aromatic heterocycles. The first-order valence-corrected chi connectivity index (χ1v) is 6.61. The lowest BCUT2D eigenvalue weighted by Crippen LogP contribution is -2.11. The van der Waals surface area contributed by atoms with E-state index < -0.39 is 11.9 Å². The van der Waals surface area contributed by atoms with Crippen LogP contribution in [0.1, 0.15) is 35.0 Å². The summed E-state index contributed by atoms with van der Waals surface area (Å²) in [5.41, 5.74) is 0.451. The molecule has 0 spiro atoms. The van der Waals surface area contributed by atoms with Gasteiger partial charge in [-0.1, -0.05) is 6.58 Å². The van der Waals surface area contributed by atoms with Crippen LogP contribution in [0, 0.1) is 0 Å². The van der Waals surface area contributed by atoms with Crippen LogP contribution in [0.3, 0.4) is 0 Å². The molecule has 0 N–H and O–H groups in total. The number of furan rings is 2. The number of carbonyl (C=O) groups excluding carboxylic acids is 3. The van der Waals surface area contributed by atoms with E-state index in [1.54, 1.807) is 13.8 Å². The molecule has 0 saturated carbocycles. The Bertz CT molecular complexity index is 606. The summed E-state index contributed by atoms with van der Waals surface area (Å²) in [7, 11) is 0. The van der Waals surface area contributed by atoms with Crippen LogP contribution < -0.4 is 0 Å². The topological polar surface area (TPSA) is 96.0 Å². The Hall–Kier alpha value is -3.09. The average molecular weight is 320 g/mol. The van der Waals surface area contributed by atoms with Crippen molar-refractivity contribution in [3.8, 4) is 0 Å². The molecule has 0 bridgehead atoms. The maximum absolute atomic E-state index is 11.2. The SMILES string of the molecule is C=C(C)C(=O)OCC.O=C(OC(=O)c1ccco1)c1ccco1. The van der Waals surface area contributed by atoms with Crippen molar-refractivity contribution >= 4 is 17.9 Å². The summed E-state index contributed by atoms with van der Waals surface area (Å²) < 4.78 is 18.6. The molecule has 0 atom stereocenters. The van der Waals surface area contributed by atoms with Crippen LogP contribution in [0.4, 0.5) is 0 Å².